The van der Waals surface area contributed by atoms with Gasteiger partial charge in [-0.15, -0.1) is 0 Å². The number of carbonyl (C=O) groups is 3. The van der Waals surface area contributed by atoms with E-state index in [1.165, 1.54) is 7.11 Å². The Kier molecular flexibility index (Phi) is 7.08. The number of ether oxygens (including phenoxy) is 2. The van der Waals surface area contributed by atoms with Gasteiger partial charge in [0.25, 0.3) is 11.1 Å². The van der Waals surface area contributed by atoms with E-state index in [4.69, 9.17) is 9.47 Å². The molecule has 2 rings (SSSR count). The quantitative estimate of drug-likeness (QED) is 0.700. The molecular weight excluding hydrogens is 356 g/mol. The van der Waals surface area contributed by atoms with Crippen LogP contribution in [0.1, 0.15) is 25.8 Å². The van der Waals surface area contributed by atoms with Gasteiger partial charge in [0.2, 0.25) is 5.91 Å². The summed E-state index contributed by atoms with van der Waals surface area (Å²) in [5.41, 5.74) is 0.700. The molecular formula is C18H22N2O5S. The molecule has 1 aromatic rings. The third kappa shape index (κ3) is 4.78. The van der Waals surface area contributed by atoms with Crippen LogP contribution >= 0.6 is 11.8 Å². The second-order valence-electron chi connectivity index (χ2n) is 5.46. The molecule has 7 nitrogen and oxygen atoms in total. The molecule has 0 aliphatic carbocycles. The van der Waals surface area contributed by atoms with Gasteiger partial charge in [0.05, 0.1) is 18.6 Å². The van der Waals surface area contributed by atoms with E-state index in [1.54, 1.807) is 24.3 Å². The van der Waals surface area contributed by atoms with Crippen LogP contribution in [0.3, 0.4) is 0 Å². The SMILES string of the molecule is CCCNC(=O)CN1C(=O)S/C(=C\c2ccc(OCC)c(OC)c2)C1=O. The first-order valence-corrected chi connectivity index (χ1v) is 9.14. The van der Waals surface area contributed by atoms with Gasteiger partial charge in [0.1, 0.15) is 6.54 Å². The fraction of sp³-hybridized carbons (Fsp3) is 0.389. The Bertz CT molecular complexity index is 732. The fourth-order valence-electron chi connectivity index (χ4n) is 2.30. The molecule has 1 fully saturated rings. The molecule has 1 heterocycles. The van der Waals surface area contributed by atoms with Gasteiger partial charge in [0, 0.05) is 6.54 Å². The Hall–Kier alpha value is -2.48. The zero-order chi connectivity index (χ0) is 19.1. The number of nitrogens with zero attached hydrogens (tertiary/aromatic N) is 1. The predicted octanol–water partition coefficient (Wildman–Crippen LogP) is 2.66. The van der Waals surface area contributed by atoms with Gasteiger partial charge in [-0.1, -0.05) is 13.0 Å². The third-order valence-corrected chi connectivity index (χ3v) is 4.44. The van der Waals surface area contributed by atoms with Crippen LogP contribution in [0.15, 0.2) is 23.1 Å². The van der Waals surface area contributed by atoms with Gasteiger partial charge in [-0.05, 0) is 48.9 Å². The van der Waals surface area contributed by atoms with Crippen LogP contribution in [0.5, 0.6) is 11.5 Å². The lowest BCUT2D eigenvalue weighted by molar-refractivity contribution is -0.129. The highest BCUT2D eigenvalue weighted by molar-refractivity contribution is 8.18. The van der Waals surface area contributed by atoms with Crippen LogP contribution in [0, 0.1) is 0 Å². The lowest BCUT2D eigenvalue weighted by Crippen LogP contribution is -2.39. The summed E-state index contributed by atoms with van der Waals surface area (Å²) in [6, 6.07) is 5.25. The van der Waals surface area contributed by atoms with Crippen LogP contribution in [0.25, 0.3) is 6.08 Å². The van der Waals surface area contributed by atoms with Crippen molar-refractivity contribution in [2.45, 2.75) is 20.3 Å². The Morgan fingerprint density at radius 3 is 2.69 bits per heavy atom. The van der Waals surface area contributed by atoms with Gasteiger partial charge < -0.3 is 14.8 Å². The van der Waals surface area contributed by atoms with Crippen LogP contribution in [0.4, 0.5) is 4.79 Å². The highest BCUT2D eigenvalue weighted by Crippen LogP contribution is 2.34. The Morgan fingerprint density at radius 2 is 2.04 bits per heavy atom. The second-order valence-corrected chi connectivity index (χ2v) is 6.45. The first kappa shape index (κ1) is 19.8. The van der Waals surface area contributed by atoms with Crippen molar-refractivity contribution in [3.05, 3.63) is 28.7 Å². The topological polar surface area (TPSA) is 84.9 Å². The van der Waals surface area contributed by atoms with Crippen molar-refractivity contribution in [3.8, 4) is 11.5 Å². The van der Waals surface area contributed by atoms with Gasteiger partial charge in [-0.2, -0.15) is 0 Å². The summed E-state index contributed by atoms with van der Waals surface area (Å²) in [6.07, 6.45) is 2.39. The van der Waals surface area contributed by atoms with Crippen LogP contribution in [-0.4, -0.2) is 48.8 Å². The molecule has 0 spiro atoms. The summed E-state index contributed by atoms with van der Waals surface area (Å²) in [6.45, 7) is 4.55. The molecule has 1 aliphatic heterocycles. The van der Waals surface area contributed by atoms with Gasteiger partial charge in [0.15, 0.2) is 11.5 Å². The van der Waals surface area contributed by atoms with Crippen molar-refractivity contribution in [2.24, 2.45) is 0 Å². The molecule has 0 radical (unpaired) electrons. The predicted molar refractivity (Wildman–Crippen MR) is 100 cm³/mol. The number of carbonyl (C=O) groups excluding carboxylic acids is 3. The number of hydrogen-bond acceptors (Lipinski definition) is 6. The summed E-state index contributed by atoms with van der Waals surface area (Å²) in [7, 11) is 1.53. The minimum atomic E-state index is -0.473. The molecule has 26 heavy (non-hydrogen) atoms. The highest BCUT2D eigenvalue weighted by Gasteiger charge is 2.36. The zero-order valence-corrected chi connectivity index (χ0v) is 15.9. The van der Waals surface area contributed by atoms with E-state index in [0.29, 0.717) is 30.2 Å². The van der Waals surface area contributed by atoms with Crippen molar-refractivity contribution in [2.75, 3.05) is 26.8 Å². The smallest absolute Gasteiger partial charge is 0.294 e. The van der Waals surface area contributed by atoms with Gasteiger partial charge in [-0.3, -0.25) is 19.3 Å². The molecule has 8 heteroatoms. The lowest BCUT2D eigenvalue weighted by atomic mass is 10.2. The molecule has 1 N–H and O–H groups in total. The number of nitrogens with one attached hydrogen (secondary N) is 1. The number of rotatable bonds is 8. The van der Waals surface area contributed by atoms with E-state index >= 15 is 0 Å². The largest absolute Gasteiger partial charge is 0.493 e. The number of hydrogen-bond donors (Lipinski definition) is 1. The van der Waals surface area contributed by atoms with Crippen molar-refractivity contribution in [1.29, 1.82) is 0 Å². The molecule has 1 aliphatic rings. The minimum absolute atomic E-state index is 0.268. The molecule has 0 aromatic heterocycles. The Balaban J connectivity index is 2.15. The van der Waals surface area contributed by atoms with Crippen molar-refractivity contribution >= 4 is 34.9 Å². The summed E-state index contributed by atoms with van der Waals surface area (Å²) in [5.74, 6) is 0.323. The first-order chi connectivity index (χ1) is 12.5. The number of benzene rings is 1. The molecule has 1 saturated heterocycles. The van der Waals surface area contributed by atoms with E-state index in [9.17, 15) is 14.4 Å². The lowest BCUT2D eigenvalue weighted by Gasteiger charge is -2.12. The first-order valence-electron chi connectivity index (χ1n) is 8.33. The summed E-state index contributed by atoms with van der Waals surface area (Å²) in [4.78, 5) is 37.5. The van der Waals surface area contributed by atoms with E-state index in [-0.39, 0.29) is 17.4 Å². The standard InChI is InChI=1S/C18H22N2O5S/c1-4-8-19-16(21)11-20-17(22)15(26-18(20)23)10-12-6-7-13(25-5-2)14(9-12)24-3/h6-7,9-10H,4-5,8,11H2,1-3H3,(H,19,21)/b15-10-. The summed E-state index contributed by atoms with van der Waals surface area (Å²) >= 11 is 0.817. The van der Waals surface area contributed by atoms with Gasteiger partial charge in [-0.25, -0.2) is 0 Å². The van der Waals surface area contributed by atoms with Crippen LogP contribution in [-0.2, 0) is 9.59 Å². The maximum absolute atomic E-state index is 12.4. The monoisotopic (exact) mass is 378 g/mol. The molecule has 0 atom stereocenters. The fourth-order valence-corrected chi connectivity index (χ4v) is 3.14. The molecule has 0 bridgehead atoms. The minimum Gasteiger partial charge on any atom is -0.493 e. The summed E-state index contributed by atoms with van der Waals surface area (Å²) < 4.78 is 10.7. The number of thioether (sulfide) groups is 1. The number of methoxy groups -OCH3 is 1. The average Bonchev–Trinajstić information content (AvgIpc) is 2.88. The van der Waals surface area contributed by atoms with E-state index in [1.807, 2.05) is 13.8 Å². The number of imide groups is 1. The van der Waals surface area contributed by atoms with E-state index in [2.05, 4.69) is 5.32 Å². The van der Waals surface area contributed by atoms with Crippen molar-refractivity contribution < 1.29 is 23.9 Å². The highest BCUT2D eigenvalue weighted by atomic mass is 32.2. The molecule has 0 unspecified atom stereocenters. The van der Waals surface area contributed by atoms with Gasteiger partial charge >= 0.3 is 0 Å². The Labute approximate surface area is 156 Å². The Morgan fingerprint density at radius 1 is 1.27 bits per heavy atom. The molecule has 140 valence electrons. The van der Waals surface area contributed by atoms with Crippen molar-refractivity contribution in [3.63, 3.8) is 0 Å². The molecule has 1 aromatic carbocycles. The van der Waals surface area contributed by atoms with E-state index in [0.717, 1.165) is 23.1 Å². The van der Waals surface area contributed by atoms with E-state index < -0.39 is 11.1 Å². The maximum Gasteiger partial charge on any atom is 0.294 e. The maximum atomic E-state index is 12.4. The molecule has 3 amide bonds. The average molecular weight is 378 g/mol. The normalized spacial score (nSPS) is 15.5. The zero-order valence-electron chi connectivity index (χ0n) is 15.0. The van der Waals surface area contributed by atoms with Crippen molar-refractivity contribution in [1.82, 2.24) is 10.2 Å². The second kappa shape index (κ2) is 9.28. The third-order valence-electron chi connectivity index (χ3n) is 3.53. The van der Waals surface area contributed by atoms with Crippen LogP contribution in [0.2, 0.25) is 0 Å². The summed E-state index contributed by atoms with van der Waals surface area (Å²) in [5, 5.41) is 2.20. The number of amides is 3. The molecule has 0 saturated carbocycles. The van der Waals surface area contributed by atoms with Crippen LogP contribution < -0.4 is 14.8 Å².